The maximum atomic E-state index is 11.5. The Labute approximate surface area is 108 Å². The first-order valence-corrected chi connectivity index (χ1v) is 5.46. The topological polar surface area (TPSA) is 142 Å². The van der Waals surface area contributed by atoms with Crippen LogP contribution >= 0.6 is 0 Å². The number of amides is 2. The molecule has 9 heteroatoms. The molecule has 0 saturated carbocycles. The van der Waals surface area contributed by atoms with E-state index in [0.29, 0.717) is 0 Å². The molecule has 0 rings (SSSR count). The van der Waals surface area contributed by atoms with Gasteiger partial charge in [0.1, 0.15) is 12.1 Å². The molecule has 0 spiro atoms. The Morgan fingerprint density at radius 3 is 2.16 bits per heavy atom. The van der Waals surface area contributed by atoms with Crippen molar-refractivity contribution in [2.24, 2.45) is 0 Å². The van der Waals surface area contributed by atoms with Crippen molar-refractivity contribution >= 4 is 23.9 Å². The van der Waals surface area contributed by atoms with Crippen LogP contribution in [0.15, 0.2) is 0 Å². The van der Waals surface area contributed by atoms with Crippen LogP contribution in [0.4, 0.5) is 4.79 Å². The fraction of sp³-hybridized carbons (Fsp3) is 0.600. The highest BCUT2D eigenvalue weighted by atomic mass is 16.5. The summed E-state index contributed by atoms with van der Waals surface area (Å²) in [7, 11) is 0. The Bertz CT molecular complexity index is 369. The fourth-order valence-electron chi connectivity index (χ4n) is 1.09. The maximum absolute atomic E-state index is 11.5. The Balaban J connectivity index is 4.42. The van der Waals surface area contributed by atoms with E-state index in [-0.39, 0.29) is 6.61 Å². The van der Waals surface area contributed by atoms with Crippen LogP contribution in [0.25, 0.3) is 0 Å². The summed E-state index contributed by atoms with van der Waals surface area (Å²) in [5, 5.41) is 21.4. The first-order valence-electron chi connectivity index (χ1n) is 5.46. The van der Waals surface area contributed by atoms with Gasteiger partial charge in [-0.2, -0.15) is 0 Å². The van der Waals surface area contributed by atoms with E-state index in [9.17, 15) is 19.2 Å². The Kier molecular flexibility index (Phi) is 6.94. The van der Waals surface area contributed by atoms with Crippen LogP contribution in [-0.2, 0) is 19.1 Å². The van der Waals surface area contributed by atoms with Crippen LogP contribution in [0.3, 0.4) is 0 Å². The number of alkyl carbamates (subject to hydrolysis) is 1. The van der Waals surface area contributed by atoms with Crippen LogP contribution in [0, 0.1) is 0 Å². The first-order chi connectivity index (χ1) is 8.77. The molecule has 0 aliphatic heterocycles. The smallest absolute Gasteiger partial charge is 0.407 e. The van der Waals surface area contributed by atoms with Gasteiger partial charge in [-0.3, -0.25) is 9.59 Å². The summed E-state index contributed by atoms with van der Waals surface area (Å²) in [6.07, 6.45) is -1.58. The molecule has 0 fully saturated rings. The van der Waals surface area contributed by atoms with Gasteiger partial charge in [0.2, 0.25) is 5.91 Å². The molecule has 0 heterocycles. The summed E-state index contributed by atoms with van der Waals surface area (Å²) in [5.41, 5.74) is 0. The van der Waals surface area contributed by atoms with E-state index in [2.05, 4.69) is 10.1 Å². The number of carboxylic acids is 2. The Morgan fingerprint density at radius 2 is 1.74 bits per heavy atom. The molecule has 0 aromatic rings. The van der Waals surface area contributed by atoms with Gasteiger partial charge < -0.3 is 25.6 Å². The normalized spacial score (nSPS) is 12.9. The molecule has 0 aromatic heterocycles. The van der Waals surface area contributed by atoms with Crippen LogP contribution < -0.4 is 10.6 Å². The lowest BCUT2D eigenvalue weighted by Gasteiger charge is -2.17. The molecule has 0 aromatic carbocycles. The van der Waals surface area contributed by atoms with Gasteiger partial charge in [-0.15, -0.1) is 0 Å². The average Bonchev–Trinajstić information content (AvgIpc) is 2.27. The van der Waals surface area contributed by atoms with Gasteiger partial charge in [-0.05, 0) is 13.8 Å². The zero-order chi connectivity index (χ0) is 15.0. The highest BCUT2D eigenvalue weighted by Crippen LogP contribution is 1.95. The average molecular weight is 276 g/mol. The summed E-state index contributed by atoms with van der Waals surface area (Å²) in [6.45, 7) is 3.01. The summed E-state index contributed by atoms with van der Waals surface area (Å²) in [6, 6.07) is -2.61. The van der Waals surface area contributed by atoms with Gasteiger partial charge in [0.25, 0.3) is 0 Å². The molecule has 19 heavy (non-hydrogen) atoms. The van der Waals surface area contributed by atoms with E-state index < -0.39 is 42.4 Å². The minimum atomic E-state index is -1.56. The third kappa shape index (κ3) is 6.86. The van der Waals surface area contributed by atoms with Crippen LogP contribution in [0.2, 0.25) is 0 Å². The minimum Gasteiger partial charge on any atom is -0.481 e. The molecule has 9 nitrogen and oxygen atoms in total. The number of hydrogen-bond acceptors (Lipinski definition) is 5. The summed E-state index contributed by atoms with van der Waals surface area (Å²) in [5.74, 6) is -3.65. The highest BCUT2D eigenvalue weighted by molar-refractivity contribution is 5.90. The fourth-order valence-corrected chi connectivity index (χ4v) is 1.09. The molecular weight excluding hydrogens is 260 g/mol. The highest BCUT2D eigenvalue weighted by Gasteiger charge is 2.26. The first kappa shape index (κ1) is 16.7. The van der Waals surface area contributed by atoms with E-state index >= 15 is 0 Å². The van der Waals surface area contributed by atoms with Gasteiger partial charge in [-0.1, -0.05) is 0 Å². The molecule has 108 valence electrons. The SMILES string of the molecule is CCOC(=O)NC(C)C(=O)NC(CC(=O)O)C(=O)O. The number of ether oxygens (including phenoxy) is 1. The largest absolute Gasteiger partial charge is 0.481 e. The molecule has 0 bridgehead atoms. The van der Waals surface area contributed by atoms with E-state index in [0.717, 1.165) is 0 Å². The molecule has 0 aliphatic carbocycles. The van der Waals surface area contributed by atoms with Crippen molar-refractivity contribution in [3.8, 4) is 0 Å². The van der Waals surface area contributed by atoms with Gasteiger partial charge in [0, 0.05) is 0 Å². The number of carbonyl (C=O) groups excluding carboxylic acids is 2. The van der Waals surface area contributed by atoms with Crippen molar-refractivity contribution in [2.75, 3.05) is 6.61 Å². The summed E-state index contributed by atoms with van der Waals surface area (Å²) >= 11 is 0. The van der Waals surface area contributed by atoms with Crippen LogP contribution in [0.5, 0.6) is 0 Å². The van der Waals surface area contributed by atoms with Crippen molar-refractivity contribution in [1.29, 1.82) is 0 Å². The number of aliphatic carboxylic acids is 2. The lowest BCUT2D eigenvalue weighted by molar-refractivity contribution is -0.147. The molecule has 0 aliphatic rings. The molecule has 0 radical (unpaired) electrons. The molecule has 2 atom stereocenters. The number of nitrogens with one attached hydrogen (secondary N) is 2. The lowest BCUT2D eigenvalue weighted by atomic mass is 10.2. The minimum absolute atomic E-state index is 0.122. The number of hydrogen-bond donors (Lipinski definition) is 4. The number of rotatable bonds is 7. The van der Waals surface area contributed by atoms with E-state index in [1.54, 1.807) is 6.92 Å². The van der Waals surface area contributed by atoms with Crippen LogP contribution in [0.1, 0.15) is 20.3 Å². The number of carboxylic acid groups (broad SMARTS) is 2. The number of carbonyl (C=O) groups is 4. The molecule has 4 N–H and O–H groups in total. The zero-order valence-corrected chi connectivity index (χ0v) is 10.5. The van der Waals surface area contributed by atoms with Crippen molar-refractivity contribution in [2.45, 2.75) is 32.4 Å². The Morgan fingerprint density at radius 1 is 1.16 bits per heavy atom. The standard InChI is InChI=1S/C10H16N2O7/c1-3-19-10(18)11-5(2)8(15)12-6(9(16)17)4-7(13)14/h5-6H,3-4H2,1-2H3,(H,11,18)(H,12,15)(H,13,14)(H,16,17). The second kappa shape index (κ2) is 7.90. The van der Waals surface area contributed by atoms with E-state index in [4.69, 9.17) is 10.2 Å². The summed E-state index contributed by atoms with van der Waals surface area (Å²) < 4.78 is 4.54. The molecule has 2 amide bonds. The zero-order valence-electron chi connectivity index (χ0n) is 10.5. The molecular formula is C10H16N2O7. The predicted octanol–water partition coefficient (Wildman–Crippen LogP) is -0.835. The quantitative estimate of drug-likeness (QED) is 0.475. The van der Waals surface area contributed by atoms with Gasteiger partial charge in [0.05, 0.1) is 13.0 Å². The molecule has 2 unspecified atom stereocenters. The van der Waals surface area contributed by atoms with Crippen molar-refractivity contribution < 1.29 is 34.1 Å². The second-order valence-electron chi connectivity index (χ2n) is 3.58. The third-order valence-corrected chi connectivity index (χ3v) is 2.00. The van der Waals surface area contributed by atoms with Gasteiger partial charge in [0.15, 0.2) is 0 Å². The monoisotopic (exact) mass is 276 g/mol. The molecule has 0 saturated heterocycles. The Hall–Kier alpha value is -2.32. The van der Waals surface area contributed by atoms with Gasteiger partial charge in [-0.25, -0.2) is 9.59 Å². The van der Waals surface area contributed by atoms with Crippen LogP contribution in [-0.4, -0.2) is 52.8 Å². The van der Waals surface area contributed by atoms with Crippen molar-refractivity contribution in [3.05, 3.63) is 0 Å². The lowest BCUT2D eigenvalue weighted by Crippen LogP contribution is -2.51. The summed E-state index contributed by atoms with van der Waals surface area (Å²) in [4.78, 5) is 43.7. The maximum Gasteiger partial charge on any atom is 0.407 e. The van der Waals surface area contributed by atoms with Crippen molar-refractivity contribution in [3.63, 3.8) is 0 Å². The van der Waals surface area contributed by atoms with E-state index in [1.165, 1.54) is 6.92 Å². The van der Waals surface area contributed by atoms with Gasteiger partial charge >= 0.3 is 18.0 Å². The third-order valence-electron chi connectivity index (χ3n) is 2.00. The predicted molar refractivity (Wildman–Crippen MR) is 61.4 cm³/mol. The van der Waals surface area contributed by atoms with Crippen molar-refractivity contribution in [1.82, 2.24) is 10.6 Å². The second-order valence-corrected chi connectivity index (χ2v) is 3.58. The van der Waals surface area contributed by atoms with E-state index in [1.807, 2.05) is 5.32 Å².